The van der Waals surface area contributed by atoms with Crippen LogP contribution < -0.4 is 11.1 Å². The third kappa shape index (κ3) is 7.68. The molecule has 4 fully saturated rings. The van der Waals surface area contributed by atoms with Gasteiger partial charge in [0.15, 0.2) is 0 Å². The van der Waals surface area contributed by atoms with Crippen molar-refractivity contribution in [1.82, 2.24) is 5.32 Å². The van der Waals surface area contributed by atoms with Gasteiger partial charge in [-0.3, -0.25) is 14.4 Å². The van der Waals surface area contributed by atoms with Crippen molar-refractivity contribution in [3.05, 3.63) is 35.9 Å². The molecule has 4 saturated carbocycles. The fraction of sp³-hybridized carbons (Fsp3) is 0.757. The molecule has 0 radical (unpaired) electrons. The maximum Gasteiger partial charge on any atom is 0.306 e. The van der Waals surface area contributed by atoms with Crippen LogP contribution in [-0.2, 0) is 30.5 Å². The Kier molecular flexibility index (Phi) is 12.5. The van der Waals surface area contributed by atoms with Gasteiger partial charge in [0.05, 0.1) is 25.4 Å². The van der Waals surface area contributed by atoms with E-state index < -0.39 is 18.2 Å². The van der Waals surface area contributed by atoms with E-state index in [-0.39, 0.29) is 96.2 Å². The van der Waals surface area contributed by atoms with Crippen LogP contribution in [0, 0.1) is 46.3 Å². The fourth-order valence-corrected chi connectivity index (χ4v) is 10.5. The van der Waals surface area contributed by atoms with Crippen molar-refractivity contribution in [1.29, 1.82) is 0 Å². The van der Waals surface area contributed by atoms with E-state index in [0.29, 0.717) is 25.2 Å². The summed E-state index contributed by atoms with van der Waals surface area (Å²) in [6.07, 6.45) is 6.46. The summed E-state index contributed by atoms with van der Waals surface area (Å²) in [5.41, 5.74) is 6.80. The lowest BCUT2D eigenvalue weighted by atomic mass is 9.43. The lowest BCUT2D eigenvalue weighted by Crippen LogP contribution is -2.63. The average Bonchev–Trinajstić information content (AvgIpc) is 3.41. The smallest absolute Gasteiger partial charge is 0.306 e. The molecular formula is C37H57ClN2O7. The van der Waals surface area contributed by atoms with Crippen molar-refractivity contribution in [2.24, 2.45) is 52.1 Å². The van der Waals surface area contributed by atoms with E-state index in [4.69, 9.17) is 15.2 Å². The number of hydrogen-bond donors (Lipinski definition) is 4. The highest BCUT2D eigenvalue weighted by Gasteiger charge is 2.65. The zero-order chi connectivity index (χ0) is 33.2. The second-order valence-electron chi connectivity index (χ2n) is 15.5. The van der Waals surface area contributed by atoms with Crippen LogP contribution in [0.1, 0.15) is 97.0 Å². The molecule has 1 amide bonds. The molecule has 0 spiro atoms. The second kappa shape index (κ2) is 15.6. The first-order valence-electron chi connectivity index (χ1n) is 17.6. The minimum absolute atomic E-state index is 0. The van der Waals surface area contributed by atoms with Crippen LogP contribution in [0.3, 0.4) is 0 Å². The number of carbonyl (C=O) groups is 3. The van der Waals surface area contributed by atoms with Gasteiger partial charge in [-0.25, -0.2) is 0 Å². The molecule has 0 saturated heterocycles. The van der Waals surface area contributed by atoms with Crippen LogP contribution in [0.25, 0.3) is 0 Å². The van der Waals surface area contributed by atoms with Gasteiger partial charge in [-0.2, -0.15) is 0 Å². The second-order valence-corrected chi connectivity index (χ2v) is 15.5. The first kappa shape index (κ1) is 37.6. The average molecular weight is 677 g/mol. The van der Waals surface area contributed by atoms with Gasteiger partial charge in [-0.05, 0) is 110 Å². The van der Waals surface area contributed by atoms with E-state index in [9.17, 15) is 24.6 Å². The fourth-order valence-electron chi connectivity index (χ4n) is 10.5. The molecule has 0 aliphatic heterocycles. The Morgan fingerprint density at radius 3 is 2.38 bits per heavy atom. The number of ether oxygens (including phenoxy) is 2. The maximum absolute atomic E-state index is 13.0. The number of halogens is 1. The van der Waals surface area contributed by atoms with Crippen LogP contribution in [0.15, 0.2) is 30.3 Å². The predicted molar refractivity (Wildman–Crippen MR) is 181 cm³/mol. The number of amides is 1. The number of rotatable bonds is 11. The Morgan fingerprint density at radius 1 is 0.979 bits per heavy atom. The van der Waals surface area contributed by atoms with Crippen LogP contribution in [0.4, 0.5) is 0 Å². The SMILES string of the molecule is COC(=O)CC[C@@H](C)[C@H]1CC[C@H]2[C@@H]3[C@H](O)C[C@@H]4C[C@@H](NC(=O)[C@@H](N)CCC(=O)OCc5ccccc5)CC[C@]4(C)[C@H]3C[C@H](O)[C@]12C.Cl. The molecule has 10 heteroatoms. The molecule has 1 aromatic rings. The molecule has 0 aromatic heterocycles. The lowest BCUT2D eigenvalue weighted by molar-refractivity contribution is -0.202. The standard InChI is InChI=1S/C37H56N2O7.ClH/c1-22(10-14-32(42)45-4)26-11-12-27-34-28(20-31(41)37(26,27)3)36(2)17-16-25(18-24(36)19-30(34)40)39-35(44)29(38)13-15-33(43)46-21-23-8-6-5-7-9-23;/h5-9,22,24-31,34,40-41H,10-21,38H2,1-4H3,(H,39,44);1H/t22-,24+,25+,26-,27+,28+,29+,30-,31+,34+,36+,37-;/m1./s1. The van der Waals surface area contributed by atoms with E-state index in [1.54, 1.807) is 0 Å². The minimum atomic E-state index is -0.796. The van der Waals surface area contributed by atoms with E-state index in [2.05, 4.69) is 26.1 Å². The molecule has 47 heavy (non-hydrogen) atoms. The number of nitrogens with one attached hydrogen (secondary N) is 1. The molecule has 264 valence electrons. The molecule has 4 aliphatic rings. The number of benzene rings is 1. The van der Waals surface area contributed by atoms with Crippen LogP contribution in [0.5, 0.6) is 0 Å². The van der Waals surface area contributed by atoms with Crippen molar-refractivity contribution in [3.8, 4) is 0 Å². The number of nitrogens with two attached hydrogens (primary N) is 1. The maximum atomic E-state index is 13.0. The molecule has 12 atom stereocenters. The van der Waals surface area contributed by atoms with Gasteiger partial charge >= 0.3 is 11.9 Å². The summed E-state index contributed by atoms with van der Waals surface area (Å²) in [6, 6.07) is 8.64. The Morgan fingerprint density at radius 2 is 1.68 bits per heavy atom. The first-order valence-corrected chi connectivity index (χ1v) is 17.6. The number of aliphatic hydroxyl groups excluding tert-OH is 2. The number of carbonyl (C=O) groups excluding carboxylic acids is 3. The minimum Gasteiger partial charge on any atom is -0.469 e. The van der Waals surface area contributed by atoms with Gasteiger partial charge in [0.2, 0.25) is 5.91 Å². The van der Waals surface area contributed by atoms with Crippen molar-refractivity contribution < 1.29 is 34.1 Å². The number of methoxy groups -OCH3 is 1. The molecule has 5 N–H and O–H groups in total. The van der Waals surface area contributed by atoms with Crippen molar-refractivity contribution in [2.45, 2.75) is 122 Å². The molecule has 0 unspecified atom stereocenters. The van der Waals surface area contributed by atoms with Crippen LogP contribution >= 0.6 is 12.4 Å². The van der Waals surface area contributed by atoms with E-state index in [0.717, 1.165) is 44.1 Å². The summed E-state index contributed by atoms with van der Waals surface area (Å²) < 4.78 is 10.2. The molecule has 0 bridgehead atoms. The first-order chi connectivity index (χ1) is 21.9. The third-order valence-corrected chi connectivity index (χ3v) is 13.2. The molecule has 4 aliphatic carbocycles. The highest BCUT2D eigenvalue weighted by molar-refractivity contribution is 5.85. The van der Waals surface area contributed by atoms with Gasteiger partial charge in [0, 0.05) is 18.9 Å². The number of fused-ring (bicyclic) bond motifs is 5. The topological polar surface area (TPSA) is 148 Å². The Bertz CT molecular complexity index is 1230. The van der Waals surface area contributed by atoms with Crippen molar-refractivity contribution >= 4 is 30.3 Å². The predicted octanol–water partition coefficient (Wildman–Crippen LogP) is 4.93. The highest BCUT2D eigenvalue weighted by atomic mass is 35.5. The van der Waals surface area contributed by atoms with Crippen LogP contribution in [-0.4, -0.2) is 59.5 Å². The van der Waals surface area contributed by atoms with Gasteiger partial charge < -0.3 is 30.7 Å². The zero-order valence-electron chi connectivity index (χ0n) is 28.6. The normalized spacial score (nSPS) is 37.2. The summed E-state index contributed by atoms with van der Waals surface area (Å²) in [4.78, 5) is 37.1. The van der Waals surface area contributed by atoms with E-state index in [1.165, 1.54) is 7.11 Å². The van der Waals surface area contributed by atoms with E-state index >= 15 is 0 Å². The largest absolute Gasteiger partial charge is 0.469 e. The Labute approximate surface area is 286 Å². The monoisotopic (exact) mass is 676 g/mol. The van der Waals surface area contributed by atoms with Gasteiger partial charge in [0.25, 0.3) is 0 Å². The molecular weight excluding hydrogens is 620 g/mol. The van der Waals surface area contributed by atoms with Crippen molar-refractivity contribution in [2.75, 3.05) is 7.11 Å². The third-order valence-electron chi connectivity index (χ3n) is 13.2. The van der Waals surface area contributed by atoms with Gasteiger partial charge in [-0.15, -0.1) is 12.4 Å². The number of hydrogen-bond acceptors (Lipinski definition) is 8. The Balaban J connectivity index is 0.00000500. The molecule has 1 aromatic carbocycles. The number of esters is 2. The van der Waals surface area contributed by atoms with Gasteiger partial charge in [0.1, 0.15) is 6.61 Å². The highest BCUT2D eigenvalue weighted by Crippen LogP contribution is 2.68. The Hall–Kier alpha value is -2.20. The number of aliphatic hydroxyl groups is 2. The summed E-state index contributed by atoms with van der Waals surface area (Å²) in [5.74, 6) is 0.626. The lowest BCUT2D eigenvalue weighted by Gasteiger charge is -2.63. The summed E-state index contributed by atoms with van der Waals surface area (Å²) >= 11 is 0. The zero-order valence-corrected chi connectivity index (χ0v) is 29.4. The van der Waals surface area contributed by atoms with Crippen molar-refractivity contribution in [3.63, 3.8) is 0 Å². The summed E-state index contributed by atoms with van der Waals surface area (Å²) in [5, 5.41) is 26.7. The summed E-state index contributed by atoms with van der Waals surface area (Å²) in [7, 11) is 1.43. The summed E-state index contributed by atoms with van der Waals surface area (Å²) in [6.45, 7) is 7.00. The quantitative estimate of drug-likeness (QED) is 0.241. The van der Waals surface area contributed by atoms with Crippen LogP contribution in [0.2, 0.25) is 0 Å². The van der Waals surface area contributed by atoms with E-state index in [1.807, 2.05) is 30.3 Å². The molecule has 5 rings (SSSR count). The van der Waals surface area contributed by atoms with Gasteiger partial charge in [-0.1, -0.05) is 51.1 Å². The molecule has 0 heterocycles. The molecule has 9 nitrogen and oxygen atoms in total.